The lowest BCUT2D eigenvalue weighted by Gasteiger charge is -2.08. The number of carbonyl (C=O) groups is 1. The summed E-state index contributed by atoms with van der Waals surface area (Å²) >= 11 is 1.43. The van der Waals surface area contributed by atoms with Crippen LogP contribution >= 0.6 is 11.8 Å². The summed E-state index contributed by atoms with van der Waals surface area (Å²) in [6.45, 7) is 0. The number of pyridine rings is 1. The van der Waals surface area contributed by atoms with E-state index in [1.807, 2.05) is 48.5 Å². The van der Waals surface area contributed by atoms with Crippen LogP contribution in [0.25, 0.3) is 10.8 Å². The summed E-state index contributed by atoms with van der Waals surface area (Å²) in [5, 5.41) is 5.11. The molecular formula is C17H15N3OS. The molecule has 3 N–H and O–H groups in total. The van der Waals surface area contributed by atoms with Gasteiger partial charge in [0.1, 0.15) is 5.82 Å². The molecule has 0 fully saturated rings. The summed E-state index contributed by atoms with van der Waals surface area (Å²) in [6, 6.07) is 17.4. The molecule has 1 heterocycles. The lowest BCUT2D eigenvalue weighted by Crippen LogP contribution is -2.14. The monoisotopic (exact) mass is 309 g/mol. The minimum Gasteiger partial charge on any atom is -0.384 e. The Morgan fingerprint density at radius 3 is 2.73 bits per heavy atom. The fourth-order valence-electron chi connectivity index (χ4n) is 2.15. The molecule has 0 bridgehead atoms. The normalized spacial score (nSPS) is 10.5. The predicted molar refractivity (Wildman–Crippen MR) is 92.0 cm³/mol. The van der Waals surface area contributed by atoms with Crippen LogP contribution in [0.2, 0.25) is 0 Å². The van der Waals surface area contributed by atoms with Crippen molar-refractivity contribution in [3.05, 3.63) is 60.8 Å². The summed E-state index contributed by atoms with van der Waals surface area (Å²) in [5.41, 5.74) is 6.37. The molecule has 5 heteroatoms. The molecule has 2 aromatic carbocycles. The quantitative estimate of drug-likeness (QED) is 0.723. The number of hydrogen-bond acceptors (Lipinski definition) is 4. The van der Waals surface area contributed by atoms with Crippen molar-refractivity contribution >= 4 is 39.9 Å². The lowest BCUT2D eigenvalue weighted by atomic mass is 10.1. The lowest BCUT2D eigenvalue weighted by molar-refractivity contribution is -0.113. The Hall–Kier alpha value is -2.53. The van der Waals surface area contributed by atoms with Gasteiger partial charge in [0.05, 0.1) is 5.75 Å². The molecule has 1 amide bonds. The molecule has 0 radical (unpaired) electrons. The Morgan fingerprint density at radius 1 is 1.09 bits per heavy atom. The Morgan fingerprint density at radius 2 is 1.91 bits per heavy atom. The largest absolute Gasteiger partial charge is 0.384 e. The summed E-state index contributed by atoms with van der Waals surface area (Å²) in [6.07, 6.45) is 1.67. The first-order valence-corrected chi connectivity index (χ1v) is 7.83. The fraction of sp³-hybridized carbons (Fsp3) is 0.0588. The third-order valence-electron chi connectivity index (χ3n) is 3.19. The molecule has 3 aromatic rings. The molecule has 110 valence electrons. The molecule has 3 rings (SSSR count). The minimum atomic E-state index is -0.0434. The number of nitrogens with two attached hydrogens (primary N) is 1. The number of nitrogens with zero attached hydrogens (tertiary/aromatic N) is 1. The molecule has 0 atom stereocenters. The maximum absolute atomic E-state index is 12.1. The maximum atomic E-state index is 12.1. The number of aromatic nitrogens is 1. The number of anilines is 2. The van der Waals surface area contributed by atoms with Crippen LogP contribution in [0.3, 0.4) is 0 Å². The predicted octanol–water partition coefficient (Wildman–Crippen LogP) is 3.55. The second-order valence-electron chi connectivity index (χ2n) is 4.78. The fourth-order valence-corrected chi connectivity index (χ4v) is 2.81. The van der Waals surface area contributed by atoms with E-state index in [9.17, 15) is 4.79 Å². The number of amides is 1. The van der Waals surface area contributed by atoms with Gasteiger partial charge in [-0.2, -0.15) is 0 Å². The average molecular weight is 309 g/mol. The first-order valence-electron chi connectivity index (χ1n) is 6.84. The van der Waals surface area contributed by atoms with E-state index in [2.05, 4.69) is 10.3 Å². The van der Waals surface area contributed by atoms with Crippen LogP contribution in [-0.2, 0) is 4.79 Å². The Bertz CT molecular complexity index is 797. The SMILES string of the molecule is Nc1ccc(SCC(=O)Nc2cccc3ccccc23)cn1. The average Bonchev–Trinajstić information content (AvgIpc) is 2.55. The van der Waals surface area contributed by atoms with Gasteiger partial charge in [-0.15, -0.1) is 11.8 Å². The van der Waals surface area contributed by atoms with E-state index in [4.69, 9.17) is 5.73 Å². The van der Waals surface area contributed by atoms with Crippen LogP contribution < -0.4 is 11.1 Å². The van der Waals surface area contributed by atoms with Crippen LogP contribution in [0.15, 0.2) is 65.7 Å². The maximum Gasteiger partial charge on any atom is 0.234 e. The van der Waals surface area contributed by atoms with Crippen molar-refractivity contribution in [1.82, 2.24) is 4.98 Å². The third-order valence-corrected chi connectivity index (χ3v) is 4.17. The second-order valence-corrected chi connectivity index (χ2v) is 5.83. The van der Waals surface area contributed by atoms with E-state index in [0.29, 0.717) is 11.6 Å². The number of carbonyl (C=O) groups excluding carboxylic acids is 1. The van der Waals surface area contributed by atoms with Crippen LogP contribution in [0, 0.1) is 0 Å². The highest BCUT2D eigenvalue weighted by molar-refractivity contribution is 8.00. The van der Waals surface area contributed by atoms with Gasteiger partial charge in [0, 0.05) is 22.2 Å². The Kier molecular flexibility index (Phi) is 4.25. The van der Waals surface area contributed by atoms with Gasteiger partial charge in [0.15, 0.2) is 0 Å². The first-order chi connectivity index (χ1) is 10.7. The molecule has 22 heavy (non-hydrogen) atoms. The summed E-state index contributed by atoms with van der Waals surface area (Å²) in [5.74, 6) is 0.761. The topological polar surface area (TPSA) is 68.0 Å². The van der Waals surface area contributed by atoms with Gasteiger partial charge < -0.3 is 11.1 Å². The molecule has 0 saturated heterocycles. The second kappa shape index (κ2) is 6.49. The van der Waals surface area contributed by atoms with E-state index < -0.39 is 0 Å². The number of fused-ring (bicyclic) bond motifs is 1. The summed E-state index contributed by atoms with van der Waals surface area (Å²) in [4.78, 5) is 17.0. The van der Waals surface area contributed by atoms with E-state index in [-0.39, 0.29) is 5.91 Å². The zero-order valence-electron chi connectivity index (χ0n) is 11.8. The van der Waals surface area contributed by atoms with Crippen molar-refractivity contribution in [3.63, 3.8) is 0 Å². The van der Waals surface area contributed by atoms with Crippen LogP contribution in [0.1, 0.15) is 0 Å². The molecule has 0 aliphatic heterocycles. The van der Waals surface area contributed by atoms with Crippen molar-refractivity contribution < 1.29 is 4.79 Å². The smallest absolute Gasteiger partial charge is 0.234 e. The Balaban J connectivity index is 1.67. The summed E-state index contributed by atoms with van der Waals surface area (Å²) in [7, 11) is 0. The van der Waals surface area contributed by atoms with Gasteiger partial charge in [0.2, 0.25) is 5.91 Å². The van der Waals surface area contributed by atoms with Crippen LogP contribution in [-0.4, -0.2) is 16.6 Å². The minimum absolute atomic E-state index is 0.0434. The molecule has 0 aliphatic carbocycles. The van der Waals surface area contributed by atoms with E-state index in [1.54, 1.807) is 12.3 Å². The number of benzene rings is 2. The van der Waals surface area contributed by atoms with Gasteiger partial charge in [-0.3, -0.25) is 4.79 Å². The van der Waals surface area contributed by atoms with Gasteiger partial charge in [-0.1, -0.05) is 36.4 Å². The Labute approximate surface area is 132 Å². The van der Waals surface area contributed by atoms with Gasteiger partial charge >= 0.3 is 0 Å². The molecule has 0 aliphatic rings. The number of hydrogen-bond donors (Lipinski definition) is 2. The van der Waals surface area contributed by atoms with E-state index >= 15 is 0 Å². The van der Waals surface area contributed by atoms with E-state index in [0.717, 1.165) is 21.4 Å². The number of nitrogens with one attached hydrogen (secondary N) is 1. The van der Waals surface area contributed by atoms with Gasteiger partial charge in [0.25, 0.3) is 0 Å². The molecule has 1 aromatic heterocycles. The summed E-state index contributed by atoms with van der Waals surface area (Å²) < 4.78 is 0. The molecular weight excluding hydrogens is 294 g/mol. The van der Waals surface area contributed by atoms with E-state index in [1.165, 1.54) is 11.8 Å². The highest BCUT2D eigenvalue weighted by Crippen LogP contribution is 2.24. The number of rotatable bonds is 4. The van der Waals surface area contributed by atoms with Crippen molar-refractivity contribution in [2.45, 2.75) is 4.90 Å². The molecule has 4 nitrogen and oxygen atoms in total. The first kappa shape index (κ1) is 14.4. The molecule has 0 saturated carbocycles. The standard InChI is InChI=1S/C17H15N3OS/c18-16-9-8-13(10-19-16)22-11-17(21)20-15-7-3-5-12-4-1-2-6-14(12)15/h1-10H,11H2,(H2,18,19)(H,20,21). The zero-order chi connectivity index (χ0) is 15.4. The zero-order valence-corrected chi connectivity index (χ0v) is 12.6. The number of thioether (sulfide) groups is 1. The van der Waals surface area contributed by atoms with Crippen molar-refractivity contribution in [3.8, 4) is 0 Å². The van der Waals surface area contributed by atoms with Gasteiger partial charge in [-0.05, 0) is 23.6 Å². The van der Waals surface area contributed by atoms with Crippen LogP contribution in [0.4, 0.5) is 11.5 Å². The highest BCUT2D eigenvalue weighted by Gasteiger charge is 2.06. The number of nitrogen functional groups attached to an aromatic ring is 1. The van der Waals surface area contributed by atoms with Crippen molar-refractivity contribution in [1.29, 1.82) is 0 Å². The van der Waals surface area contributed by atoms with Gasteiger partial charge in [-0.25, -0.2) is 4.98 Å². The molecule has 0 unspecified atom stereocenters. The van der Waals surface area contributed by atoms with Crippen molar-refractivity contribution in [2.75, 3.05) is 16.8 Å². The van der Waals surface area contributed by atoms with Crippen molar-refractivity contribution in [2.24, 2.45) is 0 Å². The van der Waals surface area contributed by atoms with Crippen LogP contribution in [0.5, 0.6) is 0 Å². The third kappa shape index (κ3) is 3.38. The molecule has 0 spiro atoms. The highest BCUT2D eigenvalue weighted by atomic mass is 32.2.